The molecule has 0 bridgehead atoms. The molecular weight excluding hydrogens is 204 g/mol. The largest absolute Gasteiger partial charge is 0.381 e. The lowest BCUT2D eigenvalue weighted by atomic mass is 9.97. The van der Waals surface area contributed by atoms with Gasteiger partial charge in [0.25, 0.3) is 0 Å². The van der Waals surface area contributed by atoms with Gasteiger partial charge >= 0.3 is 0 Å². The van der Waals surface area contributed by atoms with Crippen molar-refractivity contribution in [1.29, 1.82) is 0 Å². The smallest absolute Gasteiger partial charge is 0.137 e. The van der Waals surface area contributed by atoms with Crippen molar-refractivity contribution in [3.05, 3.63) is 12.7 Å². The van der Waals surface area contributed by atoms with Crippen molar-refractivity contribution < 1.29 is 4.74 Å². The number of aromatic nitrogens is 3. The van der Waals surface area contributed by atoms with Crippen molar-refractivity contribution in [3.63, 3.8) is 0 Å². The molecular formula is C11H20N4O. The zero-order valence-corrected chi connectivity index (χ0v) is 9.80. The Morgan fingerprint density at radius 3 is 3.19 bits per heavy atom. The van der Waals surface area contributed by atoms with Gasteiger partial charge in [0, 0.05) is 19.2 Å². The molecule has 0 aromatic carbocycles. The van der Waals surface area contributed by atoms with Crippen LogP contribution < -0.4 is 5.32 Å². The van der Waals surface area contributed by atoms with Crippen molar-refractivity contribution in [3.8, 4) is 0 Å². The molecule has 0 spiro atoms. The van der Waals surface area contributed by atoms with Gasteiger partial charge in [0.05, 0.1) is 13.2 Å². The first-order valence-electron chi connectivity index (χ1n) is 6.03. The highest BCUT2D eigenvalue weighted by Crippen LogP contribution is 2.18. The Balaban J connectivity index is 1.70. The summed E-state index contributed by atoms with van der Waals surface area (Å²) in [6, 6.07) is 0.575. The fourth-order valence-electron chi connectivity index (χ4n) is 2.23. The van der Waals surface area contributed by atoms with Crippen molar-refractivity contribution in [2.75, 3.05) is 19.8 Å². The Morgan fingerprint density at radius 2 is 2.56 bits per heavy atom. The highest BCUT2D eigenvalue weighted by molar-refractivity contribution is 4.78. The van der Waals surface area contributed by atoms with Crippen molar-refractivity contribution in [1.82, 2.24) is 20.1 Å². The first kappa shape index (κ1) is 11.5. The van der Waals surface area contributed by atoms with Gasteiger partial charge in [0.15, 0.2) is 0 Å². The molecule has 0 saturated carbocycles. The minimum absolute atomic E-state index is 0.575. The highest BCUT2D eigenvalue weighted by Gasteiger charge is 2.23. The van der Waals surface area contributed by atoms with Gasteiger partial charge in [0.1, 0.15) is 12.7 Å². The quantitative estimate of drug-likeness (QED) is 0.772. The van der Waals surface area contributed by atoms with Crippen LogP contribution in [0.4, 0.5) is 0 Å². The van der Waals surface area contributed by atoms with Crippen LogP contribution in [0.25, 0.3) is 0 Å². The zero-order valence-electron chi connectivity index (χ0n) is 9.80. The summed E-state index contributed by atoms with van der Waals surface area (Å²) in [5.74, 6) is 0.681. The van der Waals surface area contributed by atoms with E-state index < -0.39 is 0 Å². The normalized spacial score (nSPS) is 22.4. The van der Waals surface area contributed by atoms with Crippen LogP contribution in [0.3, 0.4) is 0 Å². The van der Waals surface area contributed by atoms with E-state index in [0.29, 0.717) is 12.0 Å². The first-order chi connectivity index (χ1) is 7.90. The highest BCUT2D eigenvalue weighted by atomic mass is 16.5. The molecule has 1 aromatic heterocycles. The molecule has 5 nitrogen and oxygen atoms in total. The average Bonchev–Trinajstić information content (AvgIpc) is 2.96. The maximum absolute atomic E-state index is 5.42. The number of nitrogens with one attached hydrogen (secondary N) is 1. The van der Waals surface area contributed by atoms with Crippen LogP contribution in [0, 0.1) is 5.92 Å². The summed E-state index contributed by atoms with van der Waals surface area (Å²) in [7, 11) is 0. The molecule has 2 rings (SSSR count). The second-order valence-corrected chi connectivity index (χ2v) is 4.25. The van der Waals surface area contributed by atoms with Gasteiger partial charge in [-0.15, -0.1) is 0 Å². The predicted octanol–water partition coefficient (Wildman–Crippen LogP) is 0.683. The van der Waals surface area contributed by atoms with Crippen LogP contribution in [-0.4, -0.2) is 40.6 Å². The molecule has 5 heteroatoms. The van der Waals surface area contributed by atoms with E-state index in [0.717, 1.165) is 32.7 Å². The third-order valence-corrected chi connectivity index (χ3v) is 3.19. The second-order valence-electron chi connectivity index (χ2n) is 4.25. The second kappa shape index (κ2) is 5.96. The molecule has 1 fully saturated rings. The standard InChI is InChI=1S/C11H20N4O/c1-2-11(10-3-6-16-7-10)13-4-5-15-9-12-8-14-15/h8-11,13H,2-7H2,1H3. The van der Waals surface area contributed by atoms with Gasteiger partial charge < -0.3 is 10.1 Å². The Morgan fingerprint density at radius 1 is 1.62 bits per heavy atom. The lowest BCUT2D eigenvalue weighted by molar-refractivity contribution is 0.175. The molecule has 0 radical (unpaired) electrons. The fraction of sp³-hybridized carbons (Fsp3) is 0.818. The molecule has 1 saturated heterocycles. The van der Waals surface area contributed by atoms with Crippen LogP contribution in [0.5, 0.6) is 0 Å². The Kier molecular flexibility index (Phi) is 4.30. The number of nitrogens with zero attached hydrogens (tertiary/aromatic N) is 3. The van der Waals surface area contributed by atoms with Gasteiger partial charge in [-0.05, 0) is 18.8 Å². The molecule has 1 aromatic rings. The Bertz CT molecular complexity index is 282. The third kappa shape index (κ3) is 3.02. The van der Waals surface area contributed by atoms with Crippen LogP contribution in [0.1, 0.15) is 19.8 Å². The Labute approximate surface area is 96.2 Å². The molecule has 90 valence electrons. The number of hydrogen-bond acceptors (Lipinski definition) is 4. The van der Waals surface area contributed by atoms with E-state index in [-0.39, 0.29) is 0 Å². The first-order valence-corrected chi connectivity index (χ1v) is 6.03. The topological polar surface area (TPSA) is 52.0 Å². The third-order valence-electron chi connectivity index (χ3n) is 3.19. The van der Waals surface area contributed by atoms with E-state index in [1.807, 2.05) is 4.68 Å². The maximum atomic E-state index is 5.42. The number of hydrogen-bond donors (Lipinski definition) is 1. The SMILES string of the molecule is CCC(NCCn1cncn1)C1CCOC1. The summed E-state index contributed by atoms with van der Waals surface area (Å²) in [6.07, 6.45) is 5.67. The van der Waals surface area contributed by atoms with Crippen molar-refractivity contribution >= 4 is 0 Å². The van der Waals surface area contributed by atoms with E-state index in [4.69, 9.17) is 4.74 Å². The van der Waals surface area contributed by atoms with Gasteiger partial charge in [-0.3, -0.25) is 4.68 Å². The molecule has 2 heterocycles. The van der Waals surface area contributed by atoms with Gasteiger partial charge in [-0.2, -0.15) is 5.10 Å². The molecule has 2 unspecified atom stereocenters. The fourth-order valence-corrected chi connectivity index (χ4v) is 2.23. The summed E-state index contributed by atoms with van der Waals surface area (Å²) in [4.78, 5) is 3.92. The molecule has 0 amide bonds. The van der Waals surface area contributed by atoms with Crippen LogP contribution in [-0.2, 0) is 11.3 Å². The number of ether oxygens (including phenoxy) is 1. The molecule has 16 heavy (non-hydrogen) atoms. The summed E-state index contributed by atoms with van der Waals surface area (Å²) < 4.78 is 7.28. The lowest BCUT2D eigenvalue weighted by Crippen LogP contribution is -2.37. The van der Waals surface area contributed by atoms with Crippen molar-refractivity contribution in [2.45, 2.75) is 32.4 Å². The maximum Gasteiger partial charge on any atom is 0.137 e. The van der Waals surface area contributed by atoms with E-state index in [2.05, 4.69) is 22.3 Å². The molecule has 1 aliphatic rings. The van der Waals surface area contributed by atoms with Crippen LogP contribution in [0.2, 0.25) is 0 Å². The van der Waals surface area contributed by atoms with E-state index in [1.54, 1.807) is 12.7 Å². The van der Waals surface area contributed by atoms with E-state index >= 15 is 0 Å². The zero-order chi connectivity index (χ0) is 11.2. The lowest BCUT2D eigenvalue weighted by Gasteiger charge is -2.22. The van der Waals surface area contributed by atoms with Gasteiger partial charge in [-0.25, -0.2) is 4.98 Å². The van der Waals surface area contributed by atoms with Crippen molar-refractivity contribution in [2.24, 2.45) is 5.92 Å². The predicted molar refractivity (Wildman–Crippen MR) is 61.0 cm³/mol. The summed E-state index contributed by atoms with van der Waals surface area (Å²) in [5, 5.41) is 7.66. The minimum Gasteiger partial charge on any atom is -0.381 e. The average molecular weight is 224 g/mol. The monoisotopic (exact) mass is 224 g/mol. The number of rotatable bonds is 6. The van der Waals surface area contributed by atoms with Gasteiger partial charge in [-0.1, -0.05) is 6.92 Å². The van der Waals surface area contributed by atoms with E-state index in [1.165, 1.54) is 6.42 Å². The summed E-state index contributed by atoms with van der Waals surface area (Å²) >= 11 is 0. The molecule has 0 aliphatic carbocycles. The molecule has 2 atom stereocenters. The summed E-state index contributed by atoms with van der Waals surface area (Å²) in [6.45, 7) is 5.88. The van der Waals surface area contributed by atoms with Crippen LogP contribution in [0.15, 0.2) is 12.7 Å². The minimum atomic E-state index is 0.575. The molecule has 1 N–H and O–H groups in total. The van der Waals surface area contributed by atoms with Crippen LogP contribution >= 0.6 is 0 Å². The van der Waals surface area contributed by atoms with E-state index in [9.17, 15) is 0 Å². The Hall–Kier alpha value is -0.940. The van der Waals surface area contributed by atoms with Gasteiger partial charge in [0.2, 0.25) is 0 Å². The molecule has 1 aliphatic heterocycles. The summed E-state index contributed by atoms with van der Waals surface area (Å²) in [5.41, 5.74) is 0.